The Labute approximate surface area is 108 Å². The van der Waals surface area contributed by atoms with E-state index in [4.69, 9.17) is 4.55 Å². The van der Waals surface area contributed by atoms with Gasteiger partial charge in [0.25, 0.3) is 0 Å². The first kappa shape index (κ1) is 11.8. The zero-order valence-electron chi connectivity index (χ0n) is 8.68. The van der Waals surface area contributed by atoms with Gasteiger partial charge in [-0.25, -0.2) is 4.21 Å². The van der Waals surface area contributed by atoms with E-state index in [-0.39, 0.29) is 31.0 Å². The van der Waals surface area contributed by atoms with Crippen molar-refractivity contribution in [3.63, 3.8) is 0 Å². The summed E-state index contributed by atoms with van der Waals surface area (Å²) in [7, 11) is 0. The van der Waals surface area contributed by atoms with Gasteiger partial charge in [0.15, 0.2) is 11.1 Å². The quantitative estimate of drug-likeness (QED) is 0.489. The summed E-state index contributed by atoms with van der Waals surface area (Å²) in [5.41, 5.74) is 0. The van der Waals surface area contributed by atoms with Crippen LogP contribution in [0.3, 0.4) is 0 Å². The zero-order chi connectivity index (χ0) is 9.26. The van der Waals surface area contributed by atoms with Crippen molar-refractivity contribution in [3.8, 4) is 0 Å². The maximum Gasteiger partial charge on any atom is 1.00 e. The number of rotatable bonds is 1. The second-order valence-electron chi connectivity index (χ2n) is 2.60. The molecule has 68 valence electrons. The Morgan fingerprint density at radius 1 is 1.36 bits per heavy atom. The standard InChI is InChI=1S/C9H7NO2S.Na.H/c11-13(12)9-3-1-2-7-6-10-5-4-8(7)9;;/h1-6H,(H,11,12);;/q;+1;-1. The molecule has 0 aliphatic rings. The van der Waals surface area contributed by atoms with Crippen LogP contribution < -0.4 is 29.6 Å². The van der Waals surface area contributed by atoms with Crippen LogP contribution in [0.25, 0.3) is 10.8 Å². The van der Waals surface area contributed by atoms with Gasteiger partial charge in [-0.05, 0) is 12.1 Å². The minimum absolute atomic E-state index is 0. The number of fused-ring (bicyclic) bond motifs is 1. The van der Waals surface area contributed by atoms with Crippen molar-refractivity contribution in [2.75, 3.05) is 0 Å². The molecule has 0 fully saturated rings. The smallest absolute Gasteiger partial charge is 1.00 e. The molecular formula is C9H8NNaO2S. The van der Waals surface area contributed by atoms with Gasteiger partial charge in [0.05, 0.1) is 4.90 Å². The Balaban J connectivity index is 0.000000980. The fourth-order valence-corrected chi connectivity index (χ4v) is 1.81. The average Bonchev–Trinajstić information content (AvgIpc) is 2.17. The van der Waals surface area contributed by atoms with E-state index in [0.29, 0.717) is 4.90 Å². The Bertz CT molecular complexity index is 475. The van der Waals surface area contributed by atoms with E-state index in [1.807, 2.05) is 6.07 Å². The van der Waals surface area contributed by atoms with Crippen molar-refractivity contribution in [2.24, 2.45) is 0 Å². The molecule has 0 aliphatic carbocycles. The minimum atomic E-state index is -1.93. The van der Waals surface area contributed by atoms with Gasteiger partial charge in [0.2, 0.25) is 0 Å². The van der Waals surface area contributed by atoms with Crippen LogP contribution in [0.1, 0.15) is 1.43 Å². The molecule has 3 nitrogen and oxygen atoms in total. The third-order valence-corrected chi connectivity index (χ3v) is 2.56. The molecule has 0 bridgehead atoms. The van der Waals surface area contributed by atoms with Gasteiger partial charge in [0.1, 0.15) is 0 Å². The van der Waals surface area contributed by atoms with Gasteiger partial charge in [-0.15, -0.1) is 0 Å². The number of aromatic nitrogens is 1. The molecular weight excluding hydrogens is 209 g/mol. The van der Waals surface area contributed by atoms with Crippen LogP contribution in [0, 0.1) is 0 Å². The van der Waals surface area contributed by atoms with Crippen LogP contribution in [-0.2, 0) is 11.1 Å². The average molecular weight is 217 g/mol. The largest absolute Gasteiger partial charge is 1.00 e. The molecule has 2 aromatic rings. The third-order valence-electron chi connectivity index (χ3n) is 1.83. The molecule has 0 aliphatic heterocycles. The van der Waals surface area contributed by atoms with Gasteiger partial charge >= 0.3 is 29.6 Å². The monoisotopic (exact) mass is 217 g/mol. The molecule has 1 atom stereocenters. The van der Waals surface area contributed by atoms with Crippen molar-refractivity contribution >= 4 is 21.9 Å². The predicted molar refractivity (Wildman–Crippen MR) is 51.9 cm³/mol. The minimum Gasteiger partial charge on any atom is -1.00 e. The normalized spacial score (nSPS) is 12.1. The van der Waals surface area contributed by atoms with Crippen LogP contribution >= 0.6 is 0 Å². The molecule has 0 saturated heterocycles. The maximum atomic E-state index is 10.9. The second-order valence-corrected chi connectivity index (χ2v) is 3.54. The third kappa shape index (κ3) is 2.21. The summed E-state index contributed by atoms with van der Waals surface area (Å²) in [6, 6.07) is 6.98. The molecule has 0 spiro atoms. The van der Waals surface area contributed by atoms with Gasteiger partial charge in [0, 0.05) is 23.2 Å². The Hall–Kier alpha value is -0.260. The van der Waals surface area contributed by atoms with E-state index >= 15 is 0 Å². The van der Waals surface area contributed by atoms with Gasteiger partial charge in [-0.3, -0.25) is 4.98 Å². The van der Waals surface area contributed by atoms with Crippen LogP contribution in [-0.4, -0.2) is 13.7 Å². The van der Waals surface area contributed by atoms with Crippen LogP contribution in [0.15, 0.2) is 41.6 Å². The van der Waals surface area contributed by atoms with Crippen molar-refractivity contribution in [1.29, 1.82) is 0 Å². The molecule has 1 unspecified atom stereocenters. The van der Waals surface area contributed by atoms with Gasteiger partial charge in [-0.1, -0.05) is 12.1 Å². The van der Waals surface area contributed by atoms with Crippen molar-refractivity contribution in [3.05, 3.63) is 36.7 Å². The van der Waals surface area contributed by atoms with E-state index in [1.54, 1.807) is 30.6 Å². The number of hydrogen-bond donors (Lipinski definition) is 1. The van der Waals surface area contributed by atoms with Crippen LogP contribution in [0.2, 0.25) is 0 Å². The summed E-state index contributed by atoms with van der Waals surface area (Å²) in [5.74, 6) is 0. The van der Waals surface area contributed by atoms with E-state index in [9.17, 15) is 4.21 Å². The summed E-state index contributed by atoms with van der Waals surface area (Å²) < 4.78 is 19.9. The SMILES string of the molecule is O=S(O)c1cccc2cnccc12.[H-].[Na+]. The number of hydrogen-bond acceptors (Lipinski definition) is 2. The molecule has 0 radical (unpaired) electrons. The maximum absolute atomic E-state index is 10.9. The first-order valence-corrected chi connectivity index (χ1v) is 4.83. The van der Waals surface area contributed by atoms with Gasteiger partial charge < -0.3 is 5.98 Å². The fraction of sp³-hybridized carbons (Fsp3) is 0. The molecule has 1 heterocycles. The molecule has 2 rings (SSSR count). The Kier molecular flexibility index (Phi) is 4.22. The summed E-state index contributed by atoms with van der Waals surface area (Å²) in [6.07, 6.45) is 3.28. The topological polar surface area (TPSA) is 50.2 Å². The van der Waals surface area contributed by atoms with Crippen molar-refractivity contribution in [2.45, 2.75) is 4.90 Å². The van der Waals surface area contributed by atoms with E-state index in [2.05, 4.69) is 4.98 Å². The van der Waals surface area contributed by atoms with Crippen LogP contribution in [0.5, 0.6) is 0 Å². The molecule has 1 aromatic carbocycles. The first-order chi connectivity index (χ1) is 6.29. The predicted octanol–water partition coefficient (Wildman–Crippen LogP) is -1.07. The molecule has 1 N–H and O–H groups in total. The summed E-state index contributed by atoms with van der Waals surface area (Å²) >= 11 is -1.93. The molecule has 0 amide bonds. The van der Waals surface area contributed by atoms with E-state index < -0.39 is 11.1 Å². The van der Waals surface area contributed by atoms with Gasteiger partial charge in [-0.2, -0.15) is 0 Å². The number of benzene rings is 1. The fourth-order valence-electron chi connectivity index (χ4n) is 1.25. The molecule has 0 saturated carbocycles. The van der Waals surface area contributed by atoms with Crippen molar-refractivity contribution in [1.82, 2.24) is 4.98 Å². The van der Waals surface area contributed by atoms with E-state index in [1.165, 1.54) is 0 Å². The number of pyridine rings is 1. The second kappa shape index (κ2) is 5.00. The first-order valence-electron chi connectivity index (χ1n) is 3.72. The summed E-state index contributed by atoms with van der Waals surface area (Å²) in [5, 5.41) is 1.65. The molecule has 5 heteroatoms. The van der Waals surface area contributed by atoms with Crippen LogP contribution in [0.4, 0.5) is 0 Å². The Morgan fingerprint density at radius 3 is 2.86 bits per heavy atom. The molecule has 14 heavy (non-hydrogen) atoms. The summed E-state index contributed by atoms with van der Waals surface area (Å²) in [4.78, 5) is 4.36. The zero-order valence-corrected chi connectivity index (χ0v) is 10.5. The molecule has 1 aromatic heterocycles. The number of nitrogens with zero attached hydrogens (tertiary/aromatic N) is 1. The van der Waals surface area contributed by atoms with E-state index in [0.717, 1.165) is 10.8 Å². The van der Waals surface area contributed by atoms with Crippen molar-refractivity contribution < 1.29 is 39.7 Å². The Morgan fingerprint density at radius 2 is 2.14 bits per heavy atom. The summed E-state index contributed by atoms with van der Waals surface area (Å²) in [6.45, 7) is 0.